The monoisotopic (exact) mass is 421 g/mol. The molecule has 4 aromatic rings. The molecule has 4 rings (SSSR count). The summed E-state index contributed by atoms with van der Waals surface area (Å²) in [5.41, 5.74) is 4.75. The summed E-state index contributed by atoms with van der Waals surface area (Å²) < 4.78 is 1.27. The van der Waals surface area contributed by atoms with Crippen LogP contribution in [0.1, 0.15) is 37.6 Å². The maximum Gasteiger partial charge on any atom is 0.300 e. The van der Waals surface area contributed by atoms with E-state index in [1.807, 2.05) is 47.8 Å². The van der Waals surface area contributed by atoms with Crippen LogP contribution in [0.4, 0.5) is 0 Å². The summed E-state index contributed by atoms with van der Waals surface area (Å²) in [4.78, 5) is 31.5. The molecule has 2 N–H and O–H groups in total. The first-order chi connectivity index (χ1) is 14.7. The van der Waals surface area contributed by atoms with Crippen molar-refractivity contribution >= 4 is 28.3 Å². The largest absolute Gasteiger partial charge is 0.300 e. The van der Waals surface area contributed by atoms with Gasteiger partial charge in [-0.1, -0.05) is 56.2 Å². The quantitative estimate of drug-likeness (QED) is 0.422. The van der Waals surface area contributed by atoms with Crippen molar-refractivity contribution in [1.29, 1.82) is 0 Å². The van der Waals surface area contributed by atoms with Gasteiger partial charge in [0.05, 0.1) is 11.3 Å². The summed E-state index contributed by atoms with van der Waals surface area (Å²) in [6, 6.07) is 13.3. The molecule has 0 aliphatic carbocycles. The number of carbonyl (C=O) groups excluding carboxylic acids is 1. The highest BCUT2D eigenvalue weighted by Crippen LogP contribution is 2.27. The number of unbranched alkanes of at least 4 members (excludes halogenated alkanes) is 2. The lowest BCUT2D eigenvalue weighted by molar-refractivity contribution is -0.116. The van der Waals surface area contributed by atoms with Gasteiger partial charge in [-0.15, -0.1) is 11.3 Å². The van der Waals surface area contributed by atoms with Gasteiger partial charge in [-0.3, -0.25) is 20.1 Å². The molecule has 0 radical (unpaired) electrons. The number of thiophene rings is 1. The van der Waals surface area contributed by atoms with Crippen LogP contribution in [0.15, 0.2) is 52.6 Å². The Morgan fingerprint density at radius 1 is 1.13 bits per heavy atom. The van der Waals surface area contributed by atoms with Crippen LogP contribution in [0.25, 0.3) is 21.6 Å². The molecule has 8 heteroatoms. The minimum absolute atomic E-state index is 0.181. The Hall–Kier alpha value is -3.26. The minimum Gasteiger partial charge on any atom is -0.274 e. The molecule has 1 aromatic carbocycles. The standard InChI is InChI=1S/C22H23N5O2S/c1-2-3-5-12-17-23-20-19(16-11-8-13-30-16)24-25-21(20)22(29)27(17)26-18(28)14-15-9-6-4-7-10-15/h4,6-11,13H,2-3,5,12,14H2,1H3,(H,24,25)(H,26,28). The maximum absolute atomic E-state index is 13.2. The Morgan fingerprint density at radius 3 is 2.70 bits per heavy atom. The summed E-state index contributed by atoms with van der Waals surface area (Å²) in [6.07, 6.45) is 3.74. The highest BCUT2D eigenvalue weighted by Gasteiger charge is 2.19. The fraction of sp³-hybridized carbons (Fsp3) is 0.273. The van der Waals surface area contributed by atoms with Gasteiger partial charge >= 0.3 is 5.56 Å². The zero-order valence-electron chi connectivity index (χ0n) is 16.7. The van der Waals surface area contributed by atoms with E-state index in [0.29, 0.717) is 17.8 Å². The second-order valence-corrected chi connectivity index (χ2v) is 8.04. The van der Waals surface area contributed by atoms with Gasteiger partial charge < -0.3 is 0 Å². The zero-order valence-corrected chi connectivity index (χ0v) is 17.5. The molecule has 0 aliphatic heterocycles. The van der Waals surface area contributed by atoms with E-state index in [2.05, 4.69) is 22.5 Å². The molecule has 0 atom stereocenters. The van der Waals surface area contributed by atoms with Crippen molar-refractivity contribution in [2.45, 2.75) is 39.0 Å². The molecule has 154 valence electrons. The van der Waals surface area contributed by atoms with Crippen LogP contribution in [0.5, 0.6) is 0 Å². The Morgan fingerprint density at radius 2 is 1.97 bits per heavy atom. The van der Waals surface area contributed by atoms with Crippen LogP contribution in [0.3, 0.4) is 0 Å². The van der Waals surface area contributed by atoms with Gasteiger partial charge in [0.1, 0.15) is 17.0 Å². The van der Waals surface area contributed by atoms with Gasteiger partial charge in [-0.25, -0.2) is 9.66 Å². The molecule has 3 aromatic heterocycles. The fourth-order valence-electron chi connectivity index (χ4n) is 3.35. The molecule has 0 saturated heterocycles. The first-order valence-corrected chi connectivity index (χ1v) is 10.9. The molecule has 0 spiro atoms. The highest BCUT2D eigenvalue weighted by atomic mass is 32.1. The average Bonchev–Trinajstić information content (AvgIpc) is 3.41. The van der Waals surface area contributed by atoms with Crippen molar-refractivity contribution in [3.05, 3.63) is 69.6 Å². The Balaban J connectivity index is 1.71. The number of benzene rings is 1. The summed E-state index contributed by atoms with van der Waals surface area (Å²) in [6.45, 7) is 2.12. The van der Waals surface area contributed by atoms with Crippen LogP contribution in [0.2, 0.25) is 0 Å². The minimum atomic E-state index is -0.369. The molecule has 3 heterocycles. The molecule has 0 saturated carbocycles. The predicted molar refractivity (Wildman–Crippen MR) is 119 cm³/mol. The van der Waals surface area contributed by atoms with Gasteiger partial charge in [0.25, 0.3) is 0 Å². The SMILES string of the molecule is CCCCCc1nc2c(-c3cccs3)[nH]nc2c(=O)n1NC(=O)Cc1ccccc1. The fourth-order valence-corrected chi connectivity index (χ4v) is 4.07. The Labute approximate surface area is 177 Å². The van der Waals surface area contributed by atoms with Crippen LogP contribution in [0, 0.1) is 0 Å². The number of aromatic amines is 1. The number of carbonyl (C=O) groups is 1. The summed E-state index contributed by atoms with van der Waals surface area (Å²) >= 11 is 1.55. The average molecular weight is 422 g/mol. The van der Waals surface area contributed by atoms with Crippen LogP contribution in [-0.2, 0) is 17.6 Å². The van der Waals surface area contributed by atoms with Crippen molar-refractivity contribution in [1.82, 2.24) is 19.9 Å². The third-order valence-electron chi connectivity index (χ3n) is 4.86. The third-order valence-corrected chi connectivity index (χ3v) is 5.75. The van der Waals surface area contributed by atoms with Gasteiger partial charge in [-0.05, 0) is 23.4 Å². The number of hydrogen-bond donors (Lipinski definition) is 2. The number of nitrogens with zero attached hydrogens (tertiary/aromatic N) is 3. The topological polar surface area (TPSA) is 92.7 Å². The number of fused-ring (bicyclic) bond motifs is 1. The lowest BCUT2D eigenvalue weighted by Gasteiger charge is -2.13. The van der Waals surface area contributed by atoms with E-state index < -0.39 is 0 Å². The van der Waals surface area contributed by atoms with Crippen molar-refractivity contribution in [3.63, 3.8) is 0 Å². The molecule has 0 bridgehead atoms. The smallest absolute Gasteiger partial charge is 0.274 e. The van der Waals surface area contributed by atoms with Crippen molar-refractivity contribution in [3.8, 4) is 10.6 Å². The summed E-state index contributed by atoms with van der Waals surface area (Å²) in [7, 11) is 0. The summed E-state index contributed by atoms with van der Waals surface area (Å²) in [5, 5.41) is 9.11. The van der Waals surface area contributed by atoms with Gasteiger partial charge in [-0.2, -0.15) is 5.10 Å². The van der Waals surface area contributed by atoms with Crippen molar-refractivity contribution < 1.29 is 4.79 Å². The van der Waals surface area contributed by atoms with E-state index in [-0.39, 0.29) is 23.4 Å². The van der Waals surface area contributed by atoms with E-state index >= 15 is 0 Å². The molecule has 0 aliphatic rings. The van der Waals surface area contributed by atoms with E-state index in [4.69, 9.17) is 4.98 Å². The third kappa shape index (κ3) is 4.18. The zero-order chi connectivity index (χ0) is 20.9. The number of aromatic nitrogens is 4. The normalized spacial score (nSPS) is 11.1. The predicted octanol–water partition coefficient (Wildman–Crippen LogP) is 3.89. The number of hydrogen-bond acceptors (Lipinski definition) is 5. The van der Waals surface area contributed by atoms with Crippen LogP contribution < -0.4 is 11.0 Å². The molecule has 7 nitrogen and oxygen atoms in total. The molecule has 0 fully saturated rings. The van der Waals surface area contributed by atoms with E-state index in [9.17, 15) is 9.59 Å². The van der Waals surface area contributed by atoms with E-state index in [1.165, 1.54) is 4.68 Å². The Bertz CT molecular complexity index is 1200. The molecular weight excluding hydrogens is 398 g/mol. The Kier molecular flexibility index (Phi) is 6.04. The lowest BCUT2D eigenvalue weighted by Crippen LogP contribution is -2.37. The molecular formula is C22H23N5O2S. The highest BCUT2D eigenvalue weighted by molar-refractivity contribution is 7.13. The van der Waals surface area contributed by atoms with Gasteiger partial charge in [0.15, 0.2) is 5.52 Å². The number of rotatable bonds is 8. The van der Waals surface area contributed by atoms with Crippen LogP contribution >= 0.6 is 11.3 Å². The van der Waals surface area contributed by atoms with Crippen molar-refractivity contribution in [2.24, 2.45) is 0 Å². The lowest BCUT2D eigenvalue weighted by atomic mass is 10.1. The van der Waals surface area contributed by atoms with Crippen molar-refractivity contribution in [2.75, 3.05) is 5.43 Å². The molecule has 1 amide bonds. The second kappa shape index (κ2) is 9.04. The van der Waals surface area contributed by atoms with Gasteiger partial charge in [0, 0.05) is 6.42 Å². The van der Waals surface area contributed by atoms with Gasteiger partial charge in [0.2, 0.25) is 5.91 Å². The molecule has 0 unspecified atom stereocenters. The molecule has 30 heavy (non-hydrogen) atoms. The second-order valence-electron chi connectivity index (χ2n) is 7.10. The number of nitrogens with one attached hydrogen (secondary N) is 2. The van der Waals surface area contributed by atoms with Crippen LogP contribution in [-0.4, -0.2) is 25.8 Å². The number of amides is 1. The first-order valence-electron chi connectivity index (χ1n) is 10.0. The van der Waals surface area contributed by atoms with E-state index in [0.717, 1.165) is 35.4 Å². The van der Waals surface area contributed by atoms with E-state index in [1.54, 1.807) is 11.3 Å². The summed E-state index contributed by atoms with van der Waals surface area (Å²) in [5.74, 6) is 0.275. The number of aryl methyl sites for hydroxylation is 1. The number of H-pyrrole nitrogens is 1. The first kappa shape index (κ1) is 20.0. The maximum atomic E-state index is 13.2.